The molecule has 0 spiro atoms. The first-order valence-electron chi connectivity index (χ1n) is 6.16. The number of para-hydroxylation sites is 1. The third-order valence-electron chi connectivity index (χ3n) is 2.72. The van der Waals surface area contributed by atoms with Gasteiger partial charge in [-0.2, -0.15) is 0 Å². The lowest BCUT2D eigenvalue weighted by Crippen LogP contribution is -2.15. The highest BCUT2D eigenvalue weighted by atomic mass is 32.2. The summed E-state index contributed by atoms with van der Waals surface area (Å²) < 4.78 is 25.8. The van der Waals surface area contributed by atoms with Gasteiger partial charge in [0.2, 0.25) is 5.91 Å². The molecule has 2 aromatic rings. The molecule has 0 aromatic heterocycles. The maximum absolute atomic E-state index is 13.0. The number of nitrogens with one attached hydrogen (secondary N) is 1. The summed E-state index contributed by atoms with van der Waals surface area (Å²) in [5.74, 6) is -2.08. The summed E-state index contributed by atoms with van der Waals surface area (Å²) in [7, 11) is 0. The van der Waals surface area contributed by atoms with Crippen LogP contribution in [0.2, 0.25) is 0 Å². The zero-order valence-corrected chi connectivity index (χ0v) is 11.8. The SMILES string of the molecule is O=C(CSc1ccc(F)c(F)c1)Nc1ccccc1CO. The van der Waals surface area contributed by atoms with Crippen LogP contribution in [0.15, 0.2) is 47.4 Å². The minimum absolute atomic E-state index is 0.0604. The quantitative estimate of drug-likeness (QED) is 0.834. The van der Waals surface area contributed by atoms with Crippen LogP contribution < -0.4 is 5.32 Å². The largest absolute Gasteiger partial charge is 0.392 e. The molecule has 2 N–H and O–H groups in total. The number of halogens is 2. The second-order valence-corrected chi connectivity index (χ2v) is 5.28. The standard InChI is InChI=1S/C15H13F2NO2S/c16-12-6-5-11(7-13(12)17)21-9-15(20)18-14-4-2-1-3-10(14)8-19/h1-7,19H,8-9H2,(H,18,20). The Morgan fingerprint density at radius 2 is 1.90 bits per heavy atom. The molecule has 0 saturated heterocycles. The molecule has 0 aliphatic carbocycles. The molecule has 0 fully saturated rings. The van der Waals surface area contributed by atoms with E-state index in [1.165, 1.54) is 6.07 Å². The fourth-order valence-electron chi connectivity index (χ4n) is 1.68. The summed E-state index contributed by atoms with van der Waals surface area (Å²) in [4.78, 5) is 12.3. The van der Waals surface area contributed by atoms with E-state index in [2.05, 4.69) is 5.32 Å². The van der Waals surface area contributed by atoms with Crippen molar-refractivity contribution < 1.29 is 18.7 Å². The smallest absolute Gasteiger partial charge is 0.234 e. The molecule has 0 bridgehead atoms. The molecule has 0 saturated carbocycles. The average Bonchev–Trinajstić information content (AvgIpc) is 2.49. The highest BCUT2D eigenvalue weighted by molar-refractivity contribution is 8.00. The lowest BCUT2D eigenvalue weighted by molar-refractivity contribution is -0.113. The molecule has 0 heterocycles. The van der Waals surface area contributed by atoms with E-state index in [0.29, 0.717) is 16.1 Å². The first-order chi connectivity index (χ1) is 10.1. The van der Waals surface area contributed by atoms with Crippen molar-refractivity contribution in [2.75, 3.05) is 11.1 Å². The van der Waals surface area contributed by atoms with Crippen molar-refractivity contribution in [3.63, 3.8) is 0 Å². The summed E-state index contributed by atoms with van der Waals surface area (Å²) in [6.45, 7) is -0.174. The Balaban J connectivity index is 1.94. The minimum Gasteiger partial charge on any atom is -0.392 e. The molecule has 0 aliphatic rings. The van der Waals surface area contributed by atoms with Gasteiger partial charge >= 0.3 is 0 Å². The van der Waals surface area contributed by atoms with E-state index in [1.54, 1.807) is 24.3 Å². The number of amides is 1. The number of rotatable bonds is 5. The number of anilines is 1. The van der Waals surface area contributed by atoms with Crippen LogP contribution in [-0.4, -0.2) is 16.8 Å². The molecule has 0 unspecified atom stereocenters. The van der Waals surface area contributed by atoms with E-state index in [4.69, 9.17) is 5.11 Å². The normalized spacial score (nSPS) is 10.4. The number of aliphatic hydroxyl groups excluding tert-OH is 1. The van der Waals surface area contributed by atoms with Crippen LogP contribution >= 0.6 is 11.8 Å². The zero-order chi connectivity index (χ0) is 15.2. The number of carbonyl (C=O) groups is 1. The van der Waals surface area contributed by atoms with Crippen LogP contribution in [0.1, 0.15) is 5.56 Å². The minimum atomic E-state index is -0.939. The first kappa shape index (κ1) is 15.5. The van der Waals surface area contributed by atoms with Crippen molar-refractivity contribution in [1.29, 1.82) is 0 Å². The van der Waals surface area contributed by atoms with Gasteiger partial charge in [0, 0.05) is 16.1 Å². The zero-order valence-electron chi connectivity index (χ0n) is 11.0. The molecule has 3 nitrogen and oxygen atoms in total. The topological polar surface area (TPSA) is 49.3 Å². The van der Waals surface area contributed by atoms with Crippen LogP contribution in [0.5, 0.6) is 0 Å². The van der Waals surface area contributed by atoms with Crippen molar-refractivity contribution in [3.05, 3.63) is 59.7 Å². The Bertz CT molecular complexity index is 649. The van der Waals surface area contributed by atoms with Crippen LogP contribution in [-0.2, 0) is 11.4 Å². The van der Waals surface area contributed by atoms with Crippen molar-refractivity contribution in [3.8, 4) is 0 Å². The summed E-state index contributed by atoms with van der Waals surface area (Å²) in [5, 5.41) is 11.8. The van der Waals surface area contributed by atoms with Gasteiger partial charge in [-0.3, -0.25) is 4.79 Å². The molecule has 21 heavy (non-hydrogen) atoms. The van der Waals surface area contributed by atoms with Gasteiger partial charge < -0.3 is 10.4 Å². The molecule has 2 rings (SSSR count). The van der Waals surface area contributed by atoms with Gasteiger partial charge in [0.25, 0.3) is 0 Å². The van der Waals surface area contributed by atoms with Crippen molar-refractivity contribution in [2.24, 2.45) is 0 Å². The van der Waals surface area contributed by atoms with Gasteiger partial charge in [-0.1, -0.05) is 18.2 Å². The van der Waals surface area contributed by atoms with Gasteiger partial charge in [0.05, 0.1) is 12.4 Å². The van der Waals surface area contributed by atoms with Gasteiger partial charge in [0.15, 0.2) is 11.6 Å². The Hall–Kier alpha value is -1.92. The third kappa shape index (κ3) is 4.27. The number of hydrogen-bond acceptors (Lipinski definition) is 3. The highest BCUT2D eigenvalue weighted by Gasteiger charge is 2.08. The molecule has 110 valence electrons. The highest BCUT2D eigenvalue weighted by Crippen LogP contribution is 2.21. The fourth-order valence-corrected chi connectivity index (χ4v) is 2.40. The van der Waals surface area contributed by atoms with Crippen LogP contribution in [0.25, 0.3) is 0 Å². The molecule has 2 aromatic carbocycles. The van der Waals surface area contributed by atoms with Crippen LogP contribution in [0.4, 0.5) is 14.5 Å². The van der Waals surface area contributed by atoms with E-state index < -0.39 is 11.6 Å². The van der Waals surface area contributed by atoms with Gasteiger partial charge in [-0.15, -0.1) is 11.8 Å². The van der Waals surface area contributed by atoms with Crippen LogP contribution in [0, 0.1) is 11.6 Å². The monoisotopic (exact) mass is 309 g/mol. The third-order valence-corrected chi connectivity index (χ3v) is 3.72. The second-order valence-electron chi connectivity index (χ2n) is 4.23. The lowest BCUT2D eigenvalue weighted by Gasteiger charge is -2.09. The van der Waals surface area contributed by atoms with E-state index >= 15 is 0 Å². The van der Waals surface area contributed by atoms with Crippen molar-refractivity contribution in [1.82, 2.24) is 0 Å². The Kier molecular flexibility index (Phi) is 5.30. The Morgan fingerprint density at radius 3 is 2.62 bits per heavy atom. The Morgan fingerprint density at radius 1 is 1.14 bits per heavy atom. The number of benzene rings is 2. The van der Waals surface area contributed by atoms with Gasteiger partial charge in [-0.05, 0) is 24.3 Å². The number of thioether (sulfide) groups is 1. The van der Waals surface area contributed by atoms with E-state index in [9.17, 15) is 13.6 Å². The van der Waals surface area contributed by atoms with Crippen molar-refractivity contribution in [2.45, 2.75) is 11.5 Å². The molecule has 0 atom stereocenters. The molecular weight excluding hydrogens is 296 g/mol. The van der Waals surface area contributed by atoms with Crippen LogP contribution in [0.3, 0.4) is 0 Å². The number of hydrogen-bond donors (Lipinski definition) is 2. The van der Waals surface area contributed by atoms with E-state index in [0.717, 1.165) is 23.9 Å². The second kappa shape index (κ2) is 7.19. The summed E-state index contributed by atoms with van der Waals surface area (Å²) in [5.41, 5.74) is 1.15. The molecule has 0 aliphatic heterocycles. The predicted molar refractivity (Wildman–Crippen MR) is 78.1 cm³/mol. The summed E-state index contributed by atoms with van der Waals surface area (Å²) >= 11 is 1.10. The van der Waals surface area contributed by atoms with Crippen molar-refractivity contribution >= 4 is 23.4 Å². The first-order valence-corrected chi connectivity index (χ1v) is 7.15. The van der Waals surface area contributed by atoms with E-state index in [-0.39, 0.29) is 18.3 Å². The lowest BCUT2D eigenvalue weighted by atomic mass is 10.2. The molecule has 1 amide bonds. The number of aliphatic hydroxyl groups is 1. The molecular formula is C15H13F2NO2S. The fraction of sp³-hybridized carbons (Fsp3) is 0.133. The predicted octanol–water partition coefficient (Wildman–Crippen LogP) is 3.19. The maximum atomic E-state index is 13.0. The van der Waals surface area contributed by atoms with Gasteiger partial charge in [-0.25, -0.2) is 8.78 Å². The number of carbonyl (C=O) groups excluding carboxylic acids is 1. The van der Waals surface area contributed by atoms with E-state index in [1.807, 2.05) is 0 Å². The summed E-state index contributed by atoms with van der Waals surface area (Å²) in [6, 6.07) is 10.4. The molecule has 0 radical (unpaired) electrons. The summed E-state index contributed by atoms with van der Waals surface area (Å²) in [6.07, 6.45) is 0. The molecule has 6 heteroatoms. The average molecular weight is 309 g/mol. The Labute approximate surface area is 125 Å². The van der Waals surface area contributed by atoms with Gasteiger partial charge in [0.1, 0.15) is 0 Å². The maximum Gasteiger partial charge on any atom is 0.234 e.